The number of rotatable bonds is 0. The lowest BCUT2D eigenvalue weighted by Crippen LogP contribution is -2.33. The summed E-state index contributed by atoms with van der Waals surface area (Å²) in [5.74, 6) is 0. The Morgan fingerprint density at radius 1 is 1.50 bits per heavy atom. The van der Waals surface area contributed by atoms with Gasteiger partial charge in [0.05, 0.1) is 0 Å². The average molecular weight is 147 g/mol. The monoisotopic (exact) mass is 147 g/mol. The molecule has 0 radical (unpaired) electrons. The second-order valence-electron chi connectivity index (χ2n) is 0.896. The Balaban J connectivity index is 3.55. The molecule has 1 N–H and O–H groups in total. The van der Waals surface area contributed by atoms with Crippen molar-refractivity contribution in [3.05, 3.63) is 0 Å². The standard InChI is InChI=1S/C2HClF3NO/c3-1(8)7-2(4,5)6/h(H,7,8). The van der Waals surface area contributed by atoms with Crippen LogP contribution in [0.3, 0.4) is 0 Å². The number of hydrogen-bond donors (Lipinski definition) is 1. The van der Waals surface area contributed by atoms with Crippen LogP contribution < -0.4 is 5.32 Å². The molecule has 0 rings (SSSR count). The minimum atomic E-state index is -4.71. The van der Waals surface area contributed by atoms with E-state index in [1.165, 1.54) is 0 Å². The van der Waals surface area contributed by atoms with Crippen LogP contribution >= 0.6 is 11.6 Å². The number of carbonyl (C=O) groups excluding carboxylic acids is 1. The SMILES string of the molecule is O=C(Cl)NC(F)(F)F. The van der Waals surface area contributed by atoms with Crippen molar-refractivity contribution < 1.29 is 18.0 Å². The first kappa shape index (κ1) is 7.55. The Morgan fingerprint density at radius 2 is 1.88 bits per heavy atom. The van der Waals surface area contributed by atoms with Crippen LogP contribution in [-0.4, -0.2) is 11.7 Å². The van der Waals surface area contributed by atoms with E-state index in [4.69, 9.17) is 0 Å². The molecular formula is C2HClF3NO. The van der Waals surface area contributed by atoms with Gasteiger partial charge in [0, 0.05) is 0 Å². The van der Waals surface area contributed by atoms with Crippen LogP contribution in [0.25, 0.3) is 0 Å². The summed E-state index contributed by atoms with van der Waals surface area (Å²) in [7, 11) is 0. The molecule has 0 aliphatic carbocycles. The van der Waals surface area contributed by atoms with Gasteiger partial charge in [0.1, 0.15) is 0 Å². The summed E-state index contributed by atoms with van der Waals surface area (Å²) < 4.78 is 32.7. The van der Waals surface area contributed by atoms with Crippen LogP contribution in [0.4, 0.5) is 18.0 Å². The number of halogens is 4. The van der Waals surface area contributed by atoms with E-state index in [2.05, 4.69) is 11.6 Å². The topological polar surface area (TPSA) is 29.1 Å². The van der Waals surface area contributed by atoms with Crippen molar-refractivity contribution in [2.75, 3.05) is 0 Å². The Labute approximate surface area is 47.6 Å². The van der Waals surface area contributed by atoms with E-state index in [0.717, 1.165) is 0 Å². The van der Waals surface area contributed by atoms with Gasteiger partial charge in [-0.15, -0.1) is 0 Å². The van der Waals surface area contributed by atoms with E-state index in [1.54, 1.807) is 0 Å². The third kappa shape index (κ3) is 5.55. The smallest absolute Gasteiger partial charge is 0.255 e. The molecule has 0 aliphatic heterocycles. The van der Waals surface area contributed by atoms with Gasteiger partial charge in [0.2, 0.25) is 0 Å². The van der Waals surface area contributed by atoms with E-state index < -0.39 is 11.7 Å². The zero-order valence-electron chi connectivity index (χ0n) is 3.42. The van der Waals surface area contributed by atoms with Crippen LogP contribution in [0, 0.1) is 0 Å². The van der Waals surface area contributed by atoms with E-state index >= 15 is 0 Å². The van der Waals surface area contributed by atoms with Gasteiger partial charge in [-0.3, -0.25) is 10.1 Å². The molecule has 0 aromatic rings. The van der Waals surface area contributed by atoms with Crippen LogP contribution in [0.1, 0.15) is 0 Å². The zero-order valence-corrected chi connectivity index (χ0v) is 4.18. The van der Waals surface area contributed by atoms with Gasteiger partial charge in [0.25, 0.3) is 0 Å². The molecule has 0 aromatic heterocycles. The van der Waals surface area contributed by atoms with Gasteiger partial charge in [-0.1, -0.05) is 0 Å². The highest BCUT2D eigenvalue weighted by atomic mass is 35.5. The molecular weight excluding hydrogens is 146 g/mol. The van der Waals surface area contributed by atoms with Crippen molar-refractivity contribution in [3.8, 4) is 0 Å². The normalized spacial score (nSPS) is 11.0. The molecule has 48 valence electrons. The molecule has 0 atom stereocenters. The number of carbonyl (C=O) groups is 1. The predicted molar refractivity (Wildman–Crippen MR) is 20.4 cm³/mol. The molecule has 2 nitrogen and oxygen atoms in total. The fourth-order valence-corrected chi connectivity index (χ4v) is 0.219. The van der Waals surface area contributed by atoms with Crippen molar-refractivity contribution in [2.45, 2.75) is 6.30 Å². The molecule has 0 spiro atoms. The maximum absolute atomic E-state index is 10.9. The molecule has 6 heteroatoms. The Morgan fingerprint density at radius 3 is 1.88 bits per heavy atom. The number of amides is 1. The van der Waals surface area contributed by atoms with Gasteiger partial charge in [-0.25, -0.2) is 0 Å². The summed E-state index contributed by atoms with van der Waals surface area (Å²) in [6, 6.07) is 0. The highest BCUT2D eigenvalue weighted by Gasteiger charge is 2.28. The van der Waals surface area contributed by atoms with E-state index in [1.807, 2.05) is 0 Å². The number of hydrogen-bond acceptors (Lipinski definition) is 1. The zero-order chi connectivity index (χ0) is 6.78. The number of alkyl halides is 3. The highest BCUT2D eigenvalue weighted by molar-refractivity contribution is 6.62. The molecule has 0 fully saturated rings. The average Bonchev–Trinajstić information content (AvgIpc) is 1.21. The minimum absolute atomic E-state index is 0.508. The molecule has 0 saturated heterocycles. The second kappa shape index (κ2) is 2.21. The van der Waals surface area contributed by atoms with Gasteiger partial charge in [-0.2, -0.15) is 13.2 Å². The third-order valence-corrected chi connectivity index (χ3v) is 0.335. The van der Waals surface area contributed by atoms with E-state index in [0.29, 0.717) is 5.32 Å². The van der Waals surface area contributed by atoms with Crippen LogP contribution in [0.2, 0.25) is 0 Å². The van der Waals surface area contributed by atoms with Gasteiger partial charge < -0.3 is 0 Å². The predicted octanol–water partition coefficient (Wildman–Crippen LogP) is 1.45. The number of nitrogens with one attached hydrogen (secondary N) is 1. The Kier molecular flexibility index (Phi) is 2.09. The second-order valence-corrected chi connectivity index (χ2v) is 1.24. The lowest BCUT2D eigenvalue weighted by atomic mass is 11.1. The molecule has 8 heavy (non-hydrogen) atoms. The first-order valence-corrected chi connectivity index (χ1v) is 1.84. The third-order valence-electron chi connectivity index (χ3n) is 0.240. The lowest BCUT2D eigenvalue weighted by molar-refractivity contribution is -0.143. The molecule has 0 unspecified atom stereocenters. The van der Waals surface area contributed by atoms with Gasteiger partial charge >= 0.3 is 11.7 Å². The summed E-state index contributed by atoms with van der Waals surface area (Å²) in [5.41, 5.74) is 0. The van der Waals surface area contributed by atoms with Crippen molar-refractivity contribution >= 4 is 17.0 Å². The van der Waals surface area contributed by atoms with Gasteiger partial charge in [0.15, 0.2) is 0 Å². The molecule has 1 amide bonds. The first-order valence-electron chi connectivity index (χ1n) is 1.46. The molecule has 0 aliphatic rings. The summed E-state index contributed by atoms with van der Waals surface area (Å²) in [6.45, 7) is 0. The van der Waals surface area contributed by atoms with E-state index in [9.17, 15) is 18.0 Å². The van der Waals surface area contributed by atoms with Crippen LogP contribution in [0.15, 0.2) is 0 Å². The van der Waals surface area contributed by atoms with Gasteiger partial charge in [-0.05, 0) is 11.6 Å². The maximum atomic E-state index is 10.9. The molecule has 0 saturated carbocycles. The highest BCUT2D eigenvalue weighted by Crippen LogP contribution is 2.09. The fraction of sp³-hybridized carbons (Fsp3) is 0.500. The summed E-state index contributed by atoms with van der Waals surface area (Å²) in [6.07, 6.45) is -4.71. The summed E-state index contributed by atoms with van der Waals surface area (Å²) in [4.78, 5) is 9.39. The van der Waals surface area contributed by atoms with Crippen LogP contribution in [0.5, 0.6) is 0 Å². The van der Waals surface area contributed by atoms with E-state index in [-0.39, 0.29) is 0 Å². The summed E-state index contributed by atoms with van der Waals surface area (Å²) in [5, 5.41) is -1.12. The van der Waals surface area contributed by atoms with Crippen molar-refractivity contribution in [1.29, 1.82) is 0 Å². The Hall–Kier alpha value is -0.450. The Bertz CT molecular complexity index is 99.9. The minimum Gasteiger partial charge on any atom is -0.255 e. The quantitative estimate of drug-likeness (QED) is 0.408. The lowest BCUT2D eigenvalue weighted by Gasteiger charge is -2.01. The maximum Gasteiger partial charge on any atom is 0.485 e. The van der Waals surface area contributed by atoms with Crippen molar-refractivity contribution in [3.63, 3.8) is 0 Å². The molecule has 0 aromatic carbocycles. The van der Waals surface area contributed by atoms with Crippen LogP contribution in [-0.2, 0) is 0 Å². The fourth-order valence-electron chi connectivity index (χ4n) is 0.111. The molecule has 0 heterocycles. The molecule has 0 bridgehead atoms. The largest absolute Gasteiger partial charge is 0.485 e. The van der Waals surface area contributed by atoms with Crippen molar-refractivity contribution in [2.24, 2.45) is 0 Å². The summed E-state index contributed by atoms with van der Waals surface area (Å²) >= 11 is 4.29. The first-order chi connectivity index (χ1) is 3.42. The van der Waals surface area contributed by atoms with Crippen molar-refractivity contribution in [1.82, 2.24) is 5.32 Å².